The molecule has 0 radical (unpaired) electrons. The van der Waals surface area contributed by atoms with E-state index in [9.17, 15) is 4.79 Å². The van der Waals surface area contributed by atoms with E-state index in [2.05, 4.69) is 13.8 Å². The van der Waals surface area contributed by atoms with Crippen LogP contribution in [-0.2, 0) is 33.2 Å². The van der Waals surface area contributed by atoms with Gasteiger partial charge in [0.1, 0.15) is 12.7 Å². The van der Waals surface area contributed by atoms with E-state index in [0.29, 0.717) is 46.2 Å². The average Bonchev–Trinajstić information content (AvgIpc) is 3.00. The van der Waals surface area contributed by atoms with Crippen molar-refractivity contribution in [1.29, 1.82) is 0 Å². The van der Waals surface area contributed by atoms with E-state index in [1.165, 1.54) is 116 Å². The molecule has 0 aromatic heterocycles. The highest BCUT2D eigenvalue weighted by atomic mass is 16.6. The molecule has 7 nitrogen and oxygen atoms in total. The van der Waals surface area contributed by atoms with Gasteiger partial charge < -0.3 is 28.4 Å². The molecule has 0 aliphatic rings. The summed E-state index contributed by atoms with van der Waals surface area (Å²) >= 11 is 0. The molecule has 0 amide bonds. The second-order valence-corrected chi connectivity index (χ2v) is 11.6. The zero-order valence-corrected chi connectivity index (χ0v) is 28.1. The van der Waals surface area contributed by atoms with E-state index in [1.54, 1.807) is 7.11 Å². The van der Waals surface area contributed by atoms with Gasteiger partial charge in [0.15, 0.2) is 0 Å². The normalized spacial score (nSPS) is 12.2. The average molecular weight is 603 g/mol. The second-order valence-electron chi connectivity index (χ2n) is 11.6. The summed E-state index contributed by atoms with van der Waals surface area (Å²) in [4.78, 5) is 12.2. The molecular weight excluding hydrogens is 532 g/mol. The van der Waals surface area contributed by atoms with Crippen LogP contribution in [0.4, 0.5) is 0 Å². The molecule has 0 rings (SSSR count). The Morgan fingerprint density at radius 1 is 0.476 bits per heavy atom. The summed E-state index contributed by atoms with van der Waals surface area (Å²) in [6.07, 6.45) is 26.1. The van der Waals surface area contributed by atoms with Crippen LogP contribution < -0.4 is 0 Å². The van der Waals surface area contributed by atoms with Crippen molar-refractivity contribution in [3.63, 3.8) is 0 Å². The van der Waals surface area contributed by atoms with Crippen molar-refractivity contribution >= 4 is 5.97 Å². The highest BCUT2D eigenvalue weighted by Crippen LogP contribution is 2.12. The number of rotatable bonds is 36. The van der Waals surface area contributed by atoms with Crippen LogP contribution in [0.25, 0.3) is 0 Å². The number of carbonyl (C=O) groups excluding carboxylic acids is 1. The van der Waals surface area contributed by atoms with Gasteiger partial charge >= 0.3 is 5.97 Å². The minimum Gasteiger partial charge on any atom is -0.463 e. The van der Waals surface area contributed by atoms with Crippen molar-refractivity contribution in [1.82, 2.24) is 0 Å². The summed E-state index contributed by atoms with van der Waals surface area (Å²) in [6.45, 7) is 9.04. The quantitative estimate of drug-likeness (QED) is 0.0524. The topological polar surface area (TPSA) is 72.5 Å². The fraction of sp³-hybridized carbons (Fsp3) is 0.971. The number of methoxy groups -OCH3 is 1. The van der Waals surface area contributed by atoms with Crippen LogP contribution >= 0.6 is 0 Å². The van der Waals surface area contributed by atoms with Gasteiger partial charge in [0.05, 0.1) is 46.1 Å². The van der Waals surface area contributed by atoms with E-state index < -0.39 is 0 Å². The van der Waals surface area contributed by atoms with Gasteiger partial charge in [-0.05, 0) is 12.8 Å². The Morgan fingerprint density at radius 3 is 1.45 bits per heavy atom. The summed E-state index contributed by atoms with van der Waals surface area (Å²) in [7, 11) is 1.64. The monoisotopic (exact) mass is 603 g/mol. The fourth-order valence-electron chi connectivity index (χ4n) is 4.77. The van der Waals surface area contributed by atoms with Crippen molar-refractivity contribution in [3.8, 4) is 0 Å². The van der Waals surface area contributed by atoms with Gasteiger partial charge in [-0.15, -0.1) is 0 Å². The van der Waals surface area contributed by atoms with Crippen molar-refractivity contribution in [2.45, 2.75) is 155 Å². The molecule has 0 unspecified atom stereocenters. The molecule has 0 spiro atoms. The summed E-state index contributed by atoms with van der Waals surface area (Å²) in [5.41, 5.74) is 0. The first-order valence-electron chi connectivity index (χ1n) is 17.7. The molecule has 0 aliphatic carbocycles. The third-order valence-electron chi connectivity index (χ3n) is 7.48. The lowest BCUT2D eigenvalue weighted by Crippen LogP contribution is -2.28. The van der Waals surface area contributed by atoms with Crippen molar-refractivity contribution in [3.05, 3.63) is 0 Å². The molecule has 0 aromatic rings. The van der Waals surface area contributed by atoms with Gasteiger partial charge in [0.2, 0.25) is 0 Å². The molecule has 0 aromatic carbocycles. The second kappa shape index (κ2) is 36.5. The third-order valence-corrected chi connectivity index (χ3v) is 7.48. The zero-order chi connectivity index (χ0) is 30.6. The van der Waals surface area contributed by atoms with Crippen LogP contribution in [0.1, 0.15) is 149 Å². The zero-order valence-electron chi connectivity index (χ0n) is 28.1. The smallest absolute Gasteiger partial charge is 0.308 e. The molecule has 0 aliphatic heterocycles. The fourth-order valence-corrected chi connectivity index (χ4v) is 4.77. The van der Waals surface area contributed by atoms with E-state index in [1.807, 2.05) is 0 Å². The number of carbonyl (C=O) groups is 1. The Hall–Kier alpha value is -0.730. The molecule has 1 atom stereocenters. The maximum Gasteiger partial charge on any atom is 0.308 e. The summed E-state index contributed by atoms with van der Waals surface area (Å²) in [5.74, 6) is -0.266. The SMILES string of the molecule is CCCCCCCCCCCCOC[C@H](COC(=O)CCOCCOCCOC)OCCCCCCCCCCCC. The van der Waals surface area contributed by atoms with Gasteiger partial charge in [-0.1, -0.05) is 129 Å². The van der Waals surface area contributed by atoms with Gasteiger partial charge in [-0.25, -0.2) is 0 Å². The molecular formula is C35H70O7. The highest BCUT2D eigenvalue weighted by Gasteiger charge is 2.13. The molecule has 0 heterocycles. The van der Waals surface area contributed by atoms with E-state index in [-0.39, 0.29) is 25.1 Å². The van der Waals surface area contributed by atoms with Crippen LogP contribution in [-0.4, -0.2) is 78.6 Å². The summed E-state index contributed by atoms with van der Waals surface area (Å²) < 4.78 is 33.3. The molecule has 7 heteroatoms. The summed E-state index contributed by atoms with van der Waals surface area (Å²) in [6, 6.07) is 0. The number of ether oxygens (including phenoxy) is 6. The van der Waals surface area contributed by atoms with E-state index in [0.717, 1.165) is 19.4 Å². The van der Waals surface area contributed by atoms with Crippen molar-refractivity contribution in [2.24, 2.45) is 0 Å². The van der Waals surface area contributed by atoms with Gasteiger partial charge in [-0.2, -0.15) is 0 Å². The van der Waals surface area contributed by atoms with Crippen molar-refractivity contribution < 1.29 is 33.2 Å². The van der Waals surface area contributed by atoms with Crippen LogP contribution in [0.5, 0.6) is 0 Å². The molecule has 0 saturated carbocycles. The Bertz CT molecular complexity index is 518. The van der Waals surface area contributed by atoms with Crippen LogP contribution in [0, 0.1) is 0 Å². The number of hydrogen-bond acceptors (Lipinski definition) is 7. The molecule has 0 fully saturated rings. The Morgan fingerprint density at radius 2 is 0.929 bits per heavy atom. The summed E-state index contributed by atoms with van der Waals surface area (Å²) in [5, 5.41) is 0. The minimum absolute atomic E-state index is 0.217. The Labute approximate surface area is 260 Å². The minimum atomic E-state index is -0.266. The Balaban J connectivity index is 4.03. The Kier molecular flexibility index (Phi) is 35.8. The van der Waals surface area contributed by atoms with Gasteiger partial charge in [-0.3, -0.25) is 4.79 Å². The molecule has 42 heavy (non-hydrogen) atoms. The maximum atomic E-state index is 12.2. The molecule has 252 valence electrons. The van der Waals surface area contributed by atoms with Crippen LogP contribution in [0.15, 0.2) is 0 Å². The van der Waals surface area contributed by atoms with E-state index in [4.69, 9.17) is 28.4 Å². The molecule has 0 bridgehead atoms. The number of unbranched alkanes of at least 4 members (excludes halogenated alkanes) is 18. The predicted octanol–water partition coefficient (Wildman–Crippen LogP) is 8.84. The van der Waals surface area contributed by atoms with Crippen LogP contribution in [0.2, 0.25) is 0 Å². The largest absolute Gasteiger partial charge is 0.463 e. The lowest BCUT2D eigenvalue weighted by Gasteiger charge is -2.18. The standard InChI is InChI=1S/C35H70O7/c1-4-6-8-10-12-14-16-18-20-22-25-40-32-34(41-26-23-21-19-17-15-13-11-9-7-5-2)33-42-35(36)24-27-38-30-31-39-29-28-37-3/h34H,4-33H2,1-3H3/t34-/m1/s1. The number of hydrogen-bond donors (Lipinski definition) is 0. The lowest BCUT2D eigenvalue weighted by atomic mass is 10.1. The third kappa shape index (κ3) is 33.8. The first-order valence-corrected chi connectivity index (χ1v) is 17.7. The van der Waals surface area contributed by atoms with E-state index >= 15 is 0 Å². The maximum absolute atomic E-state index is 12.2. The van der Waals surface area contributed by atoms with Gasteiger partial charge in [0.25, 0.3) is 0 Å². The predicted molar refractivity (Wildman–Crippen MR) is 173 cm³/mol. The lowest BCUT2D eigenvalue weighted by molar-refractivity contribution is -0.151. The highest BCUT2D eigenvalue weighted by molar-refractivity contribution is 5.69. The first kappa shape index (κ1) is 41.3. The molecule has 0 N–H and O–H groups in total. The molecule has 0 saturated heterocycles. The first-order chi connectivity index (χ1) is 20.7. The van der Waals surface area contributed by atoms with Gasteiger partial charge in [0, 0.05) is 20.3 Å². The van der Waals surface area contributed by atoms with Crippen molar-refractivity contribution in [2.75, 3.05) is 66.6 Å². The number of esters is 1. The van der Waals surface area contributed by atoms with Crippen LogP contribution in [0.3, 0.4) is 0 Å².